The van der Waals surface area contributed by atoms with Crippen molar-refractivity contribution in [3.63, 3.8) is 0 Å². The van der Waals surface area contributed by atoms with E-state index in [4.69, 9.17) is 16.3 Å². The van der Waals surface area contributed by atoms with Crippen LogP contribution in [0.4, 0.5) is 10.1 Å². The van der Waals surface area contributed by atoms with Gasteiger partial charge in [0.25, 0.3) is 0 Å². The summed E-state index contributed by atoms with van der Waals surface area (Å²) < 4.78 is 18.6. The number of halogens is 2. The van der Waals surface area contributed by atoms with Gasteiger partial charge in [0, 0.05) is 12.1 Å². The van der Waals surface area contributed by atoms with E-state index in [9.17, 15) is 14.5 Å². The van der Waals surface area contributed by atoms with E-state index in [0.717, 1.165) is 6.07 Å². The first-order valence-electron chi connectivity index (χ1n) is 5.22. The highest BCUT2D eigenvalue weighted by Gasteiger charge is 2.18. The van der Waals surface area contributed by atoms with Gasteiger partial charge in [0.2, 0.25) is 0 Å². The van der Waals surface area contributed by atoms with E-state index < -0.39 is 10.7 Å². The topological polar surface area (TPSA) is 65.3 Å². The minimum Gasteiger partial charge on any atom is -0.434 e. The zero-order valence-corrected chi connectivity index (χ0v) is 10.5. The van der Waals surface area contributed by atoms with Gasteiger partial charge in [-0.25, -0.2) is 4.39 Å². The lowest BCUT2D eigenvalue weighted by molar-refractivity contribution is -0.386. The van der Waals surface area contributed by atoms with Gasteiger partial charge in [-0.2, -0.15) is 4.98 Å². The summed E-state index contributed by atoms with van der Waals surface area (Å²) in [5, 5.41) is 10.9. The van der Waals surface area contributed by atoms with Gasteiger partial charge in [0.15, 0.2) is 0 Å². The summed E-state index contributed by atoms with van der Waals surface area (Å²) in [5.74, 6) is -0.635. The molecular formula is C12H8ClFN2O3. The molecule has 0 aliphatic carbocycles. The first kappa shape index (κ1) is 13.2. The van der Waals surface area contributed by atoms with Gasteiger partial charge >= 0.3 is 11.6 Å². The van der Waals surface area contributed by atoms with E-state index in [1.165, 1.54) is 24.3 Å². The molecule has 2 aromatic rings. The van der Waals surface area contributed by atoms with Gasteiger partial charge in [-0.15, -0.1) is 0 Å². The first-order chi connectivity index (χ1) is 8.97. The third-order valence-electron chi connectivity index (χ3n) is 2.36. The van der Waals surface area contributed by atoms with Gasteiger partial charge in [0.1, 0.15) is 16.7 Å². The van der Waals surface area contributed by atoms with E-state index in [0.29, 0.717) is 5.56 Å². The summed E-state index contributed by atoms with van der Waals surface area (Å²) in [4.78, 5) is 13.9. The molecule has 19 heavy (non-hydrogen) atoms. The van der Waals surface area contributed by atoms with Crippen LogP contribution >= 0.6 is 11.6 Å². The van der Waals surface area contributed by atoms with Crippen molar-refractivity contribution in [2.45, 2.75) is 6.92 Å². The van der Waals surface area contributed by atoms with Gasteiger partial charge in [-0.1, -0.05) is 17.7 Å². The quantitative estimate of drug-likeness (QED) is 0.487. The van der Waals surface area contributed by atoms with Crippen molar-refractivity contribution in [1.82, 2.24) is 4.98 Å². The first-order valence-corrected chi connectivity index (χ1v) is 5.60. The zero-order valence-electron chi connectivity index (χ0n) is 9.76. The van der Waals surface area contributed by atoms with Gasteiger partial charge < -0.3 is 4.74 Å². The minimum atomic E-state index is -0.650. The summed E-state index contributed by atoms with van der Waals surface area (Å²) in [5.41, 5.74) is 0.103. The van der Waals surface area contributed by atoms with Crippen LogP contribution in [0, 0.1) is 22.9 Å². The number of aromatic nitrogens is 1. The molecule has 0 aliphatic rings. The number of rotatable bonds is 3. The SMILES string of the molecule is Cc1ccc(Oc2nc(Cl)ccc2[N+](=O)[O-])cc1F. The normalized spacial score (nSPS) is 10.3. The van der Waals surface area contributed by atoms with E-state index in [1.54, 1.807) is 6.92 Å². The minimum absolute atomic E-state index is 0.0492. The third kappa shape index (κ3) is 2.97. The number of pyridine rings is 1. The number of aryl methyl sites for hydroxylation is 1. The van der Waals surface area contributed by atoms with Gasteiger partial charge in [-0.05, 0) is 24.6 Å². The molecule has 0 radical (unpaired) electrons. The number of ether oxygens (including phenoxy) is 1. The molecule has 1 aromatic heterocycles. The van der Waals surface area contributed by atoms with Crippen LogP contribution in [0.3, 0.4) is 0 Å². The Morgan fingerprint density at radius 1 is 1.37 bits per heavy atom. The van der Waals surface area contributed by atoms with Gasteiger partial charge in [-0.3, -0.25) is 10.1 Å². The highest BCUT2D eigenvalue weighted by Crippen LogP contribution is 2.31. The molecule has 1 heterocycles. The number of hydrogen-bond acceptors (Lipinski definition) is 4. The third-order valence-corrected chi connectivity index (χ3v) is 2.57. The molecule has 0 fully saturated rings. The summed E-state index contributed by atoms with van der Waals surface area (Å²) in [7, 11) is 0. The monoisotopic (exact) mass is 282 g/mol. The van der Waals surface area contributed by atoms with E-state index in [2.05, 4.69) is 4.98 Å². The standard InChI is InChI=1S/C12H8ClFN2O3/c1-7-2-3-8(6-9(7)14)19-12-10(16(17)18)4-5-11(13)15-12/h2-6H,1H3. The summed E-state index contributed by atoms with van der Waals surface area (Å²) in [6, 6.07) is 6.57. The number of nitro groups is 1. The van der Waals surface area contributed by atoms with Crippen LogP contribution in [-0.4, -0.2) is 9.91 Å². The van der Waals surface area contributed by atoms with Crippen molar-refractivity contribution in [2.75, 3.05) is 0 Å². The molecule has 5 nitrogen and oxygen atoms in total. The molecule has 0 unspecified atom stereocenters. The van der Waals surface area contributed by atoms with Crippen molar-refractivity contribution in [1.29, 1.82) is 0 Å². The van der Waals surface area contributed by atoms with Crippen LogP contribution in [0.25, 0.3) is 0 Å². The Morgan fingerprint density at radius 2 is 2.11 bits per heavy atom. The molecule has 0 spiro atoms. The fourth-order valence-electron chi connectivity index (χ4n) is 1.37. The van der Waals surface area contributed by atoms with Gasteiger partial charge in [0.05, 0.1) is 4.92 Å². The number of benzene rings is 1. The summed E-state index contributed by atoms with van der Waals surface area (Å²) in [6.45, 7) is 1.60. The molecule has 7 heteroatoms. The average Bonchev–Trinajstić information content (AvgIpc) is 2.33. The van der Waals surface area contributed by atoms with Crippen molar-refractivity contribution in [2.24, 2.45) is 0 Å². The Labute approximate surface area is 112 Å². The number of nitrogens with zero attached hydrogens (tertiary/aromatic N) is 2. The van der Waals surface area contributed by atoms with E-state index in [-0.39, 0.29) is 22.5 Å². The summed E-state index contributed by atoms with van der Waals surface area (Å²) in [6.07, 6.45) is 0. The molecule has 98 valence electrons. The Hall–Kier alpha value is -2.21. The van der Waals surface area contributed by atoms with Crippen LogP contribution in [0.5, 0.6) is 11.6 Å². The Bertz CT molecular complexity index is 649. The Balaban J connectivity index is 2.39. The maximum atomic E-state index is 13.4. The van der Waals surface area contributed by atoms with Crippen LogP contribution in [-0.2, 0) is 0 Å². The Morgan fingerprint density at radius 3 is 2.74 bits per heavy atom. The highest BCUT2D eigenvalue weighted by atomic mass is 35.5. The molecule has 1 aromatic carbocycles. The lowest BCUT2D eigenvalue weighted by Crippen LogP contribution is -1.96. The molecule has 0 saturated heterocycles. The molecule has 0 N–H and O–H groups in total. The molecule has 0 bridgehead atoms. The largest absolute Gasteiger partial charge is 0.434 e. The molecular weight excluding hydrogens is 275 g/mol. The molecule has 0 saturated carbocycles. The van der Waals surface area contributed by atoms with Crippen molar-refractivity contribution >= 4 is 17.3 Å². The molecule has 0 aliphatic heterocycles. The van der Waals surface area contributed by atoms with E-state index >= 15 is 0 Å². The molecule has 2 rings (SSSR count). The predicted molar refractivity (Wildman–Crippen MR) is 67.1 cm³/mol. The second-order valence-corrected chi connectivity index (χ2v) is 4.12. The second kappa shape index (κ2) is 5.19. The van der Waals surface area contributed by atoms with Crippen LogP contribution in [0.1, 0.15) is 5.56 Å². The van der Waals surface area contributed by atoms with Crippen LogP contribution in [0.15, 0.2) is 30.3 Å². The highest BCUT2D eigenvalue weighted by molar-refractivity contribution is 6.29. The van der Waals surface area contributed by atoms with Crippen LogP contribution in [0.2, 0.25) is 5.15 Å². The van der Waals surface area contributed by atoms with Crippen molar-refractivity contribution in [3.05, 3.63) is 57.0 Å². The maximum absolute atomic E-state index is 13.4. The summed E-state index contributed by atoms with van der Waals surface area (Å²) >= 11 is 5.66. The number of hydrogen-bond donors (Lipinski definition) is 0. The second-order valence-electron chi connectivity index (χ2n) is 3.73. The lowest BCUT2D eigenvalue weighted by atomic mass is 10.2. The van der Waals surface area contributed by atoms with E-state index in [1.807, 2.05) is 0 Å². The fourth-order valence-corrected chi connectivity index (χ4v) is 1.51. The Kier molecular flexibility index (Phi) is 3.62. The zero-order chi connectivity index (χ0) is 14.0. The molecule has 0 atom stereocenters. The van der Waals surface area contributed by atoms with Crippen LogP contribution < -0.4 is 4.74 Å². The predicted octanol–water partition coefficient (Wildman–Crippen LogP) is 3.88. The van der Waals surface area contributed by atoms with Crippen molar-refractivity contribution < 1.29 is 14.1 Å². The molecule has 0 amide bonds. The average molecular weight is 283 g/mol. The van der Waals surface area contributed by atoms with Crippen molar-refractivity contribution in [3.8, 4) is 11.6 Å². The lowest BCUT2D eigenvalue weighted by Gasteiger charge is -2.06. The fraction of sp³-hybridized carbons (Fsp3) is 0.0833. The smallest absolute Gasteiger partial charge is 0.331 e. The maximum Gasteiger partial charge on any atom is 0.331 e.